The van der Waals surface area contributed by atoms with Crippen LogP contribution in [0.4, 0.5) is 0 Å². The van der Waals surface area contributed by atoms with Crippen LogP contribution in [0.2, 0.25) is 0 Å². The van der Waals surface area contributed by atoms with Crippen molar-refractivity contribution >= 4 is 0 Å². The van der Waals surface area contributed by atoms with Gasteiger partial charge < -0.3 is 10.6 Å². The van der Waals surface area contributed by atoms with Gasteiger partial charge >= 0.3 is 0 Å². The van der Waals surface area contributed by atoms with Crippen molar-refractivity contribution in [3.63, 3.8) is 0 Å². The number of aromatic nitrogens is 2. The molecule has 0 spiro atoms. The Hall–Kier alpha value is -1.11. The largest absolute Gasteiger partial charge is 0.412 e. The van der Waals surface area contributed by atoms with Crippen LogP contribution in [0.1, 0.15) is 0 Å². The number of aromatic amines is 2. The minimum absolute atomic E-state index is 0. The Morgan fingerprint density at radius 2 is 2.00 bits per heavy atom. The fraction of sp³-hybridized carbons (Fsp3) is 0. The lowest BCUT2D eigenvalue weighted by Crippen LogP contribution is -2.02. The van der Waals surface area contributed by atoms with Crippen LogP contribution in [-0.2, 0) is 0 Å². The average molecular weight is 134 g/mol. The van der Waals surface area contributed by atoms with Crippen LogP contribution >= 0.6 is 0 Å². The predicted octanol–water partition coefficient (Wildman–Crippen LogP) is -2.30. The molecule has 0 aromatic carbocycles. The van der Waals surface area contributed by atoms with Crippen LogP contribution in [0, 0.1) is 0 Å². The van der Waals surface area contributed by atoms with Gasteiger partial charge in [-0.05, 0) is 0 Å². The Kier molecular flexibility index (Phi) is 8.27. The second kappa shape index (κ2) is 6.89. The summed E-state index contributed by atoms with van der Waals surface area (Å²) in [5, 5.41) is 4.81. The molecule has 1 rings (SSSR count). The lowest BCUT2D eigenvalue weighted by Gasteiger charge is -1.55. The molecule has 0 aliphatic heterocycles. The second-order valence-electron chi connectivity index (χ2n) is 0.967. The predicted molar refractivity (Wildman–Crippen MR) is 33.4 cm³/mol. The maximum absolute atomic E-state index is 9.98. The topological polar surface area (TPSA) is 132 Å². The van der Waals surface area contributed by atoms with Gasteiger partial charge in [0.25, 0.3) is 5.56 Å². The minimum atomic E-state index is -0.0880. The van der Waals surface area contributed by atoms with Crippen molar-refractivity contribution in [3.05, 3.63) is 22.6 Å². The van der Waals surface area contributed by atoms with E-state index >= 15 is 0 Å². The first-order valence-electron chi connectivity index (χ1n) is 1.95. The molecule has 0 radical (unpaired) electrons. The van der Waals surface area contributed by atoms with Crippen LogP contribution in [0.3, 0.4) is 0 Å². The normalized spacial score (nSPS) is 6.44. The summed E-state index contributed by atoms with van der Waals surface area (Å²) in [5.74, 6) is 8.00. The number of hydrogen-bond donors (Lipinski definition) is 4. The zero-order valence-electron chi connectivity index (χ0n) is 4.72. The van der Waals surface area contributed by atoms with E-state index in [-0.39, 0.29) is 11.0 Å². The number of H-pyrrole nitrogens is 2. The highest BCUT2D eigenvalue weighted by Gasteiger charge is 1.70. The monoisotopic (exact) mass is 134 g/mol. The van der Waals surface area contributed by atoms with Crippen LogP contribution in [-0.4, -0.2) is 15.7 Å². The molecule has 0 aliphatic carbocycles. The van der Waals surface area contributed by atoms with Crippen molar-refractivity contribution in [1.29, 1.82) is 0 Å². The van der Waals surface area contributed by atoms with Gasteiger partial charge in [-0.3, -0.25) is 21.6 Å². The minimum Gasteiger partial charge on any atom is -0.412 e. The van der Waals surface area contributed by atoms with E-state index in [4.69, 9.17) is 0 Å². The Morgan fingerprint density at radius 1 is 1.44 bits per heavy atom. The van der Waals surface area contributed by atoms with Gasteiger partial charge in [0.2, 0.25) is 0 Å². The van der Waals surface area contributed by atoms with E-state index in [1.807, 2.05) is 0 Å². The lowest BCUT2D eigenvalue weighted by atomic mass is 10.7. The van der Waals surface area contributed by atoms with Crippen molar-refractivity contribution in [2.45, 2.75) is 0 Å². The summed E-state index contributed by atoms with van der Waals surface area (Å²) in [5.41, 5.74) is -0.0880. The molecule has 9 heavy (non-hydrogen) atoms. The van der Waals surface area contributed by atoms with E-state index in [0.29, 0.717) is 0 Å². The number of hydrazine groups is 1. The van der Waals surface area contributed by atoms with E-state index in [0.717, 1.165) is 0 Å². The molecule has 0 atom stereocenters. The molecular formula is C3H10N4O2. The third-order valence-electron chi connectivity index (χ3n) is 0.513. The van der Waals surface area contributed by atoms with Crippen LogP contribution in [0.15, 0.2) is 17.1 Å². The lowest BCUT2D eigenvalue weighted by molar-refractivity contribution is 0.824. The van der Waals surface area contributed by atoms with Gasteiger partial charge in [-0.15, -0.1) is 0 Å². The highest BCUT2D eigenvalue weighted by molar-refractivity contribution is 4.75. The fourth-order valence-corrected chi connectivity index (χ4v) is 0.272. The van der Waals surface area contributed by atoms with Crippen molar-refractivity contribution in [2.24, 2.45) is 11.7 Å². The quantitative estimate of drug-likeness (QED) is 0.235. The molecule has 8 N–H and O–H groups in total. The average Bonchev–Trinajstić information content (AvgIpc) is 2.24. The number of nitrogens with one attached hydrogen (secondary N) is 2. The van der Waals surface area contributed by atoms with Crippen LogP contribution in [0.5, 0.6) is 0 Å². The van der Waals surface area contributed by atoms with Crippen molar-refractivity contribution < 1.29 is 5.48 Å². The first-order valence-corrected chi connectivity index (χ1v) is 1.95. The molecule has 6 heteroatoms. The molecule has 0 unspecified atom stereocenters. The third kappa shape index (κ3) is 4.75. The number of rotatable bonds is 0. The van der Waals surface area contributed by atoms with Gasteiger partial charge in [0, 0.05) is 12.3 Å². The molecule has 0 bridgehead atoms. The molecule has 6 nitrogen and oxygen atoms in total. The first-order chi connectivity index (χ1) is 3.89. The van der Waals surface area contributed by atoms with Gasteiger partial charge in [-0.2, -0.15) is 0 Å². The molecule has 1 aromatic rings. The number of nitrogens with two attached hydrogens (primary N) is 2. The van der Waals surface area contributed by atoms with Crippen molar-refractivity contribution in [2.75, 3.05) is 0 Å². The van der Waals surface area contributed by atoms with Gasteiger partial charge in [-0.1, -0.05) is 0 Å². The second-order valence-corrected chi connectivity index (χ2v) is 0.967. The maximum Gasteiger partial charge on any atom is 0.263 e. The van der Waals surface area contributed by atoms with Crippen LogP contribution in [0.25, 0.3) is 0 Å². The molecule has 0 saturated carbocycles. The Labute approximate surface area is 51.1 Å². The van der Waals surface area contributed by atoms with Gasteiger partial charge in [0.05, 0.1) is 0 Å². The van der Waals surface area contributed by atoms with Gasteiger partial charge in [-0.25, -0.2) is 0 Å². The van der Waals surface area contributed by atoms with Gasteiger partial charge in [0.15, 0.2) is 0 Å². The maximum atomic E-state index is 9.98. The van der Waals surface area contributed by atoms with Gasteiger partial charge in [0.1, 0.15) is 0 Å². The zero-order valence-corrected chi connectivity index (χ0v) is 4.72. The molecule has 1 heterocycles. The van der Waals surface area contributed by atoms with Crippen molar-refractivity contribution in [1.82, 2.24) is 10.2 Å². The summed E-state index contributed by atoms with van der Waals surface area (Å²) in [4.78, 5) is 9.98. The molecular weight excluding hydrogens is 124 g/mol. The molecule has 1 aromatic heterocycles. The molecule has 0 amide bonds. The van der Waals surface area contributed by atoms with E-state index in [1.165, 1.54) is 6.07 Å². The van der Waals surface area contributed by atoms with Crippen molar-refractivity contribution in [3.8, 4) is 0 Å². The molecule has 54 valence electrons. The summed E-state index contributed by atoms with van der Waals surface area (Å²) in [6, 6.07) is 1.42. The highest BCUT2D eigenvalue weighted by Crippen LogP contribution is 1.53. The Morgan fingerprint density at radius 3 is 2.11 bits per heavy atom. The SMILES string of the molecule is NN.O.O=c1cc[nH][nH]1. The molecule has 0 aliphatic rings. The van der Waals surface area contributed by atoms with E-state index in [1.54, 1.807) is 6.20 Å². The molecule has 0 fully saturated rings. The first kappa shape index (κ1) is 10.8. The van der Waals surface area contributed by atoms with E-state index in [9.17, 15) is 4.79 Å². The number of hydrogen-bond acceptors (Lipinski definition) is 3. The summed E-state index contributed by atoms with van der Waals surface area (Å²) in [7, 11) is 0. The Bertz CT molecular complexity index is 152. The molecule has 0 saturated heterocycles. The summed E-state index contributed by atoms with van der Waals surface area (Å²) >= 11 is 0. The third-order valence-corrected chi connectivity index (χ3v) is 0.513. The Balaban J connectivity index is 0. The summed E-state index contributed by atoms with van der Waals surface area (Å²) in [6.45, 7) is 0. The zero-order chi connectivity index (χ0) is 6.41. The smallest absolute Gasteiger partial charge is 0.263 e. The summed E-state index contributed by atoms with van der Waals surface area (Å²) < 4.78 is 0. The standard InChI is InChI=1S/C3H4N2O.H4N2.H2O/c6-3-1-2-4-5-3;1-2;/h1-2H,(H2,4,5,6);1-2H2;1H2. The van der Waals surface area contributed by atoms with Crippen LogP contribution < -0.4 is 17.2 Å². The van der Waals surface area contributed by atoms with E-state index in [2.05, 4.69) is 21.9 Å². The summed E-state index contributed by atoms with van der Waals surface area (Å²) in [6.07, 6.45) is 1.54. The highest BCUT2D eigenvalue weighted by atomic mass is 16.1. The fourth-order valence-electron chi connectivity index (χ4n) is 0.272. The van der Waals surface area contributed by atoms with E-state index < -0.39 is 0 Å².